The molecule has 39 heavy (non-hydrogen) atoms. The fraction of sp³-hybridized carbons (Fsp3) is 0.733. The monoisotopic (exact) mass is 538 g/mol. The molecule has 212 valence electrons. The average molecular weight is 538 g/mol. The molecule has 0 radical (unpaired) electrons. The van der Waals surface area contributed by atoms with Gasteiger partial charge in [-0.25, -0.2) is 9.59 Å². The summed E-state index contributed by atoms with van der Waals surface area (Å²) in [4.78, 5) is 27.7. The molecule has 0 unspecified atom stereocenters. The van der Waals surface area contributed by atoms with E-state index in [1.54, 1.807) is 4.90 Å². The third kappa shape index (κ3) is 4.94. The third-order valence-corrected chi connectivity index (χ3v) is 10.2. The van der Waals surface area contributed by atoms with Gasteiger partial charge in [-0.3, -0.25) is 0 Å². The minimum Gasteiger partial charge on any atom is -0.447 e. The Morgan fingerprint density at radius 2 is 1.90 bits per heavy atom. The summed E-state index contributed by atoms with van der Waals surface area (Å²) >= 11 is 0. The molecule has 2 bridgehead atoms. The molecule has 4 saturated carbocycles. The molecule has 1 aromatic carbocycles. The lowest BCUT2D eigenvalue weighted by molar-refractivity contribution is -0.199. The predicted molar refractivity (Wildman–Crippen MR) is 147 cm³/mol. The number of benzene rings is 1. The first-order valence-electron chi connectivity index (χ1n) is 14.7. The number of fused-ring (bicyclic) bond motifs is 1. The third-order valence-electron chi connectivity index (χ3n) is 10.2. The first-order chi connectivity index (χ1) is 18.3. The van der Waals surface area contributed by atoms with E-state index in [9.17, 15) is 9.59 Å². The first-order valence-corrected chi connectivity index (χ1v) is 14.7. The zero-order valence-corrected chi connectivity index (χ0v) is 24.1. The van der Waals surface area contributed by atoms with Crippen molar-refractivity contribution >= 4 is 19.3 Å². The molecule has 4 aliphatic carbocycles. The normalized spacial score (nSPS) is 36.4. The summed E-state index contributed by atoms with van der Waals surface area (Å²) in [5, 5.41) is 3.07. The molecule has 2 amide bonds. The van der Waals surface area contributed by atoms with E-state index in [0.717, 1.165) is 18.4 Å². The van der Waals surface area contributed by atoms with Crippen molar-refractivity contribution in [2.75, 3.05) is 13.2 Å². The van der Waals surface area contributed by atoms with Gasteiger partial charge in [0.25, 0.3) is 0 Å². The Kier molecular flexibility index (Phi) is 6.50. The molecule has 1 aromatic rings. The van der Waals surface area contributed by atoms with Gasteiger partial charge in [0, 0.05) is 6.54 Å². The van der Waals surface area contributed by atoms with Crippen LogP contribution in [0.25, 0.3) is 0 Å². The first kappa shape index (κ1) is 26.9. The van der Waals surface area contributed by atoms with E-state index in [1.807, 2.05) is 51.1 Å². The second kappa shape index (κ2) is 9.40. The number of nitrogens with zero attached hydrogens (tertiary/aromatic N) is 1. The van der Waals surface area contributed by atoms with E-state index in [2.05, 4.69) is 26.1 Å². The summed E-state index contributed by atoms with van der Waals surface area (Å²) < 4.78 is 24.6. The van der Waals surface area contributed by atoms with E-state index in [0.29, 0.717) is 36.6 Å². The number of carbonyl (C=O) groups is 2. The molecule has 7 rings (SSSR count). The van der Waals surface area contributed by atoms with E-state index >= 15 is 0 Å². The average Bonchev–Trinajstić information content (AvgIpc) is 3.38. The second-order valence-electron chi connectivity index (χ2n) is 14.2. The summed E-state index contributed by atoms with van der Waals surface area (Å²) in [5.41, 5.74) is 0.407. The molecular formula is C30H43BN2O6. The van der Waals surface area contributed by atoms with Gasteiger partial charge >= 0.3 is 19.3 Å². The van der Waals surface area contributed by atoms with Crippen molar-refractivity contribution < 1.29 is 28.4 Å². The molecule has 9 heteroatoms. The lowest BCUT2D eigenvalue weighted by Gasteiger charge is -2.64. The standard InChI is InChI=1S/C30H43BN2O6/c1-28(2,3)37-27(35)33-16-19-13-21(19)22(33)17-36-26(34)32-25(12-18-10-8-7-9-11-18)31-38-24-15-20-14-23(29(20,4)5)30(24,6)39-31/h7-11,19-25H,12-17H2,1-6H3,(H,32,34)/t19-,20+,21-,22+,23+,24-,25+,30+/m1/s1. The number of carbonyl (C=O) groups excluding carboxylic acids is 2. The number of hydrogen-bond acceptors (Lipinski definition) is 6. The quantitative estimate of drug-likeness (QED) is 0.522. The smallest absolute Gasteiger partial charge is 0.447 e. The van der Waals surface area contributed by atoms with Crippen LogP contribution >= 0.6 is 0 Å². The molecule has 0 aromatic heterocycles. The van der Waals surface area contributed by atoms with Crippen LogP contribution in [0.2, 0.25) is 0 Å². The van der Waals surface area contributed by atoms with E-state index in [-0.39, 0.29) is 35.9 Å². The maximum Gasteiger partial charge on any atom is 0.482 e. The van der Waals surface area contributed by atoms with Gasteiger partial charge in [0.2, 0.25) is 0 Å². The maximum absolute atomic E-state index is 13.2. The minimum absolute atomic E-state index is 0.0306. The number of hydrogen-bond donors (Lipinski definition) is 1. The highest BCUT2D eigenvalue weighted by Crippen LogP contribution is 2.65. The van der Waals surface area contributed by atoms with Crippen molar-refractivity contribution in [3.8, 4) is 0 Å². The molecule has 8 nitrogen and oxygen atoms in total. The van der Waals surface area contributed by atoms with Gasteiger partial charge in [-0.05, 0) is 88.0 Å². The molecule has 1 N–H and O–H groups in total. The molecule has 6 fully saturated rings. The maximum atomic E-state index is 13.2. The van der Waals surface area contributed by atoms with Crippen molar-refractivity contribution in [2.24, 2.45) is 29.1 Å². The molecule has 6 aliphatic rings. The van der Waals surface area contributed by atoms with Gasteiger partial charge in [-0.1, -0.05) is 44.2 Å². The van der Waals surface area contributed by atoms with Crippen LogP contribution in [0.4, 0.5) is 9.59 Å². The van der Waals surface area contributed by atoms with Gasteiger partial charge in [0.15, 0.2) is 0 Å². The van der Waals surface area contributed by atoms with Crippen molar-refractivity contribution in [3.05, 3.63) is 35.9 Å². The largest absolute Gasteiger partial charge is 0.482 e. The molecule has 2 saturated heterocycles. The summed E-state index contributed by atoms with van der Waals surface area (Å²) in [6.45, 7) is 13.3. The fourth-order valence-corrected chi connectivity index (χ4v) is 7.82. The Morgan fingerprint density at radius 3 is 2.59 bits per heavy atom. The number of ether oxygens (including phenoxy) is 2. The van der Waals surface area contributed by atoms with Crippen LogP contribution in [0.15, 0.2) is 30.3 Å². The van der Waals surface area contributed by atoms with Crippen LogP contribution in [0.1, 0.15) is 66.4 Å². The Morgan fingerprint density at radius 1 is 1.15 bits per heavy atom. The SMILES string of the molecule is CC(C)(C)OC(=O)N1C[C@H]2C[C@H]2[C@@H]1COC(=O)N[C@@H](Cc1ccccc1)B1O[C@@H]2C[C@@H]3C[C@@H](C3(C)C)[C@]2(C)O1. The van der Waals surface area contributed by atoms with Gasteiger partial charge in [-0.15, -0.1) is 0 Å². The van der Waals surface area contributed by atoms with Gasteiger partial charge < -0.3 is 29.0 Å². The number of rotatable bonds is 6. The van der Waals surface area contributed by atoms with Crippen LogP contribution in [-0.2, 0) is 25.2 Å². The van der Waals surface area contributed by atoms with Gasteiger partial charge in [0.1, 0.15) is 12.2 Å². The predicted octanol–water partition coefficient (Wildman–Crippen LogP) is 4.85. The van der Waals surface area contributed by atoms with Gasteiger partial charge in [-0.2, -0.15) is 0 Å². The van der Waals surface area contributed by atoms with Crippen LogP contribution in [0, 0.1) is 29.1 Å². The Balaban J connectivity index is 1.12. The van der Waals surface area contributed by atoms with Crippen LogP contribution in [0.3, 0.4) is 0 Å². The van der Waals surface area contributed by atoms with Crippen molar-refractivity contribution in [1.82, 2.24) is 10.2 Å². The number of piperidine rings is 1. The van der Waals surface area contributed by atoms with Crippen molar-refractivity contribution in [2.45, 2.75) is 96.5 Å². The summed E-state index contributed by atoms with van der Waals surface area (Å²) in [7, 11) is -0.555. The molecule has 2 heterocycles. The van der Waals surface area contributed by atoms with E-state index < -0.39 is 24.8 Å². The highest BCUT2D eigenvalue weighted by molar-refractivity contribution is 6.47. The highest BCUT2D eigenvalue weighted by Gasteiger charge is 2.68. The van der Waals surface area contributed by atoms with E-state index in [1.165, 1.54) is 6.42 Å². The summed E-state index contributed by atoms with van der Waals surface area (Å²) in [6.07, 6.45) is 2.98. The number of nitrogens with one attached hydrogen (secondary N) is 1. The second-order valence-corrected chi connectivity index (χ2v) is 14.2. The topological polar surface area (TPSA) is 86.3 Å². The highest BCUT2D eigenvalue weighted by atomic mass is 16.7. The Hall–Kier alpha value is -2.26. The number of alkyl carbamates (subject to hydrolysis) is 1. The Labute approximate surface area is 232 Å². The zero-order chi connectivity index (χ0) is 27.7. The molecular weight excluding hydrogens is 495 g/mol. The minimum atomic E-state index is -0.567. The fourth-order valence-electron chi connectivity index (χ4n) is 7.82. The lowest BCUT2D eigenvalue weighted by atomic mass is 9.43. The van der Waals surface area contributed by atoms with Crippen LogP contribution in [-0.4, -0.2) is 66.6 Å². The lowest BCUT2D eigenvalue weighted by Crippen LogP contribution is -2.65. The summed E-state index contributed by atoms with van der Waals surface area (Å²) in [5.74, 6) is 1.53. The van der Waals surface area contributed by atoms with Gasteiger partial charge in [0.05, 0.1) is 23.7 Å². The van der Waals surface area contributed by atoms with Crippen molar-refractivity contribution in [3.63, 3.8) is 0 Å². The van der Waals surface area contributed by atoms with E-state index in [4.69, 9.17) is 18.8 Å². The number of likely N-dealkylation sites (tertiary alicyclic amines) is 1. The summed E-state index contributed by atoms with van der Waals surface area (Å²) in [6, 6.07) is 9.92. The molecule has 8 atom stereocenters. The van der Waals surface area contributed by atoms with Crippen LogP contribution in [0.5, 0.6) is 0 Å². The number of amides is 2. The van der Waals surface area contributed by atoms with Crippen molar-refractivity contribution in [1.29, 1.82) is 0 Å². The Bertz CT molecular complexity index is 1110. The molecule has 0 spiro atoms. The van der Waals surface area contributed by atoms with Crippen LogP contribution < -0.4 is 5.32 Å². The zero-order valence-electron chi connectivity index (χ0n) is 24.1. The molecule has 2 aliphatic heterocycles.